The van der Waals surface area contributed by atoms with Crippen molar-refractivity contribution in [2.24, 2.45) is 4.99 Å². The number of rotatable bonds is 8. The van der Waals surface area contributed by atoms with Gasteiger partial charge in [0.15, 0.2) is 0 Å². The van der Waals surface area contributed by atoms with Crippen molar-refractivity contribution in [3.8, 4) is 0 Å². The average molecular weight is 263 g/mol. The molecule has 0 saturated carbocycles. The molecular weight excluding hydrogens is 245 g/mol. The van der Waals surface area contributed by atoms with Gasteiger partial charge in [-0.1, -0.05) is 31.9 Å². The number of aliphatic carboxylic acids is 1. The van der Waals surface area contributed by atoms with Gasteiger partial charge in [-0.2, -0.15) is 0 Å². The van der Waals surface area contributed by atoms with Crippen molar-refractivity contribution in [2.45, 2.75) is 32.6 Å². The summed E-state index contributed by atoms with van der Waals surface area (Å²) in [6.07, 6.45) is 9.96. The van der Waals surface area contributed by atoms with E-state index in [-0.39, 0.29) is 51.4 Å². The zero-order valence-corrected chi connectivity index (χ0v) is 13.7. The van der Waals surface area contributed by atoms with Gasteiger partial charge in [0.05, 0.1) is 0 Å². The molecule has 4 nitrogen and oxygen atoms in total. The molecular formula is C12H18KNO3. The first-order valence-corrected chi connectivity index (χ1v) is 5.44. The van der Waals surface area contributed by atoms with Crippen LogP contribution in [0.25, 0.3) is 0 Å². The third-order valence-electron chi connectivity index (χ3n) is 1.82. The van der Waals surface area contributed by atoms with Crippen LogP contribution in [-0.4, -0.2) is 23.5 Å². The van der Waals surface area contributed by atoms with Gasteiger partial charge in [0, 0.05) is 12.6 Å². The van der Waals surface area contributed by atoms with E-state index in [0.717, 1.165) is 25.0 Å². The number of aliphatic imine (C=N–C) groups is 1. The molecule has 0 aromatic heterocycles. The fourth-order valence-electron chi connectivity index (χ4n) is 1.00. The van der Waals surface area contributed by atoms with Crippen molar-refractivity contribution in [2.75, 3.05) is 6.54 Å². The molecule has 5 heteroatoms. The minimum absolute atomic E-state index is 0. The molecule has 0 saturated heterocycles. The Bertz CT molecular complexity index is 285. The van der Waals surface area contributed by atoms with Crippen molar-refractivity contribution < 1.29 is 66.4 Å². The Kier molecular flexibility index (Phi) is 16.1. The van der Waals surface area contributed by atoms with Crippen LogP contribution in [-0.2, 0) is 4.79 Å². The molecule has 0 aromatic rings. The molecule has 0 unspecified atom stereocenters. The van der Waals surface area contributed by atoms with Crippen LogP contribution in [0.15, 0.2) is 29.3 Å². The van der Waals surface area contributed by atoms with Crippen LogP contribution >= 0.6 is 0 Å². The van der Waals surface area contributed by atoms with E-state index in [1.807, 2.05) is 6.08 Å². The molecule has 0 aromatic carbocycles. The van der Waals surface area contributed by atoms with E-state index in [1.54, 1.807) is 0 Å². The molecule has 0 atom stereocenters. The third-order valence-corrected chi connectivity index (χ3v) is 1.82. The van der Waals surface area contributed by atoms with Crippen molar-refractivity contribution in [1.82, 2.24) is 0 Å². The summed E-state index contributed by atoms with van der Waals surface area (Å²) in [6, 6.07) is 0. The molecule has 0 fully saturated rings. The van der Waals surface area contributed by atoms with Gasteiger partial charge in [-0.05, 0) is 24.8 Å². The molecule has 0 heterocycles. The summed E-state index contributed by atoms with van der Waals surface area (Å²) in [5.74, 6) is -1.63. The molecule has 0 spiro atoms. The monoisotopic (exact) mass is 263 g/mol. The minimum Gasteiger partial charge on any atom is -0.859 e. The number of carboxylic acid groups (broad SMARTS) is 1. The number of hydrogen-bond donors (Lipinski definition) is 1. The molecule has 0 aliphatic heterocycles. The maximum Gasteiger partial charge on any atom is 1.00 e. The van der Waals surface area contributed by atoms with Gasteiger partial charge in [-0.15, -0.1) is 0 Å². The minimum atomic E-state index is -1.14. The third kappa shape index (κ3) is 16.1. The molecule has 0 rings (SSSR count). The van der Waals surface area contributed by atoms with Gasteiger partial charge in [0.2, 0.25) is 0 Å². The summed E-state index contributed by atoms with van der Waals surface area (Å²) in [5, 5.41) is 19.2. The van der Waals surface area contributed by atoms with E-state index in [9.17, 15) is 9.90 Å². The van der Waals surface area contributed by atoms with Gasteiger partial charge in [0.1, 0.15) is 0 Å². The predicted octanol–water partition coefficient (Wildman–Crippen LogP) is -1.47. The molecule has 0 radical (unpaired) electrons. The molecule has 17 heavy (non-hydrogen) atoms. The standard InChI is InChI=1S/C12H19NO3.K/c1-2-3-4-5-6-7-10-13-11(14)8-9-12(15)16;/h5-6,8-9H,2-4,7,10H2,1H3,(H,13,14)(H,15,16);/q;+1/p-1/b6-5+,9-8+;. The van der Waals surface area contributed by atoms with Crippen molar-refractivity contribution >= 4 is 11.9 Å². The van der Waals surface area contributed by atoms with Crippen LogP contribution in [0, 0.1) is 0 Å². The summed E-state index contributed by atoms with van der Waals surface area (Å²) in [7, 11) is 0. The normalized spacial score (nSPS) is 11.9. The fourth-order valence-corrected chi connectivity index (χ4v) is 1.00. The van der Waals surface area contributed by atoms with Crippen molar-refractivity contribution in [1.29, 1.82) is 0 Å². The molecule has 90 valence electrons. The number of carboxylic acids is 1. The SMILES string of the molecule is CCCC/C=C/CCN=C([O-])/C=C/C(=O)O.[K+]. The van der Waals surface area contributed by atoms with Gasteiger partial charge >= 0.3 is 57.4 Å². The van der Waals surface area contributed by atoms with Gasteiger partial charge in [-0.25, -0.2) is 4.79 Å². The summed E-state index contributed by atoms with van der Waals surface area (Å²) in [4.78, 5) is 13.8. The Morgan fingerprint density at radius 1 is 1.29 bits per heavy atom. The first-order valence-electron chi connectivity index (χ1n) is 5.44. The topological polar surface area (TPSA) is 72.7 Å². The Morgan fingerprint density at radius 2 is 1.94 bits per heavy atom. The Hall–Kier alpha value is 0.0564. The second kappa shape index (κ2) is 14.1. The molecule has 0 aliphatic carbocycles. The number of nitrogens with zero attached hydrogens (tertiary/aromatic N) is 1. The number of carbonyl (C=O) groups is 1. The van der Waals surface area contributed by atoms with Crippen LogP contribution in [0.3, 0.4) is 0 Å². The summed E-state index contributed by atoms with van der Waals surface area (Å²) in [5.41, 5.74) is 0. The predicted molar refractivity (Wildman–Crippen MR) is 62.4 cm³/mol. The first-order chi connectivity index (χ1) is 7.66. The summed E-state index contributed by atoms with van der Waals surface area (Å²) in [6.45, 7) is 2.54. The maximum atomic E-state index is 10.9. The quantitative estimate of drug-likeness (QED) is 0.145. The smallest absolute Gasteiger partial charge is 0.859 e. The van der Waals surface area contributed by atoms with Gasteiger partial charge < -0.3 is 15.2 Å². The van der Waals surface area contributed by atoms with E-state index in [1.165, 1.54) is 12.8 Å². The second-order valence-corrected chi connectivity index (χ2v) is 3.29. The van der Waals surface area contributed by atoms with Crippen LogP contribution in [0.2, 0.25) is 0 Å². The Morgan fingerprint density at radius 3 is 2.53 bits per heavy atom. The fraction of sp³-hybridized carbons (Fsp3) is 0.500. The Balaban J connectivity index is 0. The number of hydrogen-bond acceptors (Lipinski definition) is 3. The van der Waals surface area contributed by atoms with Crippen molar-refractivity contribution in [3.05, 3.63) is 24.3 Å². The maximum absolute atomic E-state index is 10.9. The van der Waals surface area contributed by atoms with E-state index in [2.05, 4.69) is 18.0 Å². The average Bonchev–Trinajstić information content (AvgIpc) is 2.25. The summed E-state index contributed by atoms with van der Waals surface area (Å²) >= 11 is 0. The zero-order chi connectivity index (χ0) is 12.2. The van der Waals surface area contributed by atoms with E-state index >= 15 is 0 Å². The van der Waals surface area contributed by atoms with Crippen LogP contribution < -0.4 is 56.5 Å². The first kappa shape index (κ1) is 19.4. The molecule has 0 amide bonds. The second-order valence-electron chi connectivity index (χ2n) is 3.29. The molecule has 0 aliphatic rings. The zero-order valence-electron chi connectivity index (χ0n) is 10.6. The summed E-state index contributed by atoms with van der Waals surface area (Å²) < 4.78 is 0. The number of unbranched alkanes of at least 4 members (excludes halogenated alkanes) is 2. The van der Waals surface area contributed by atoms with Crippen molar-refractivity contribution in [3.63, 3.8) is 0 Å². The van der Waals surface area contributed by atoms with Crippen LogP contribution in [0.5, 0.6) is 0 Å². The van der Waals surface area contributed by atoms with E-state index in [0.29, 0.717) is 6.54 Å². The van der Waals surface area contributed by atoms with E-state index < -0.39 is 11.9 Å². The van der Waals surface area contributed by atoms with Crippen LogP contribution in [0.1, 0.15) is 32.6 Å². The van der Waals surface area contributed by atoms with Crippen LogP contribution in [0.4, 0.5) is 0 Å². The van der Waals surface area contributed by atoms with E-state index in [4.69, 9.17) is 5.11 Å². The molecule has 0 bridgehead atoms. The largest absolute Gasteiger partial charge is 1.00 e. The number of allylic oxidation sites excluding steroid dienone is 1. The van der Waals surface area contributed by atoms with Gasteiger partial charge in [0.25, 0.3) is 0 Å². The Labute approximate surface area is 145 Å². The molecule has 1 N–H and O–H groups in total. The van der Waals surface area contributed by atoms with Gasteiger partial charge in [-0.3, -0.25) is 0 Å².